The summed E-state index contributed by atoms with van der Waals surface area (Å²) in [6.07, 6.45) is 6.10. The highest BCUT2D eigenvalue weighted by molar-refractivity contribution is 8.93. The average molecular weight is 206 g/mol. The standard InChI is InChI=1S/C8H15N.BrH/c1-3-8-6-4-5-7-9(8)2;/h3,8H,1,4-7H2,2H3;1H. The third kappa shape index (κ3) is 2.43. The van der Waals surface area contributed by atoms with Crippen molar-refractivity contribution in [2.75, 3.05) is 13.6 Å². The average Bonchev–Trinajstić information content (AvgIpc) is 1.89. The van der Waals surface area contributed by atoms with Crippen LogP contribution in [0.5, 0.6) is 0 Å². The van der Waals surface area contributed by atoms with Crippen LogP contribution in [0.4, 0.5) is 0 Å². The van der Waals surface area contributed by atoms with Crippen LogP contribution in [0.15, 0.2) is 12.7 Å². The van der Waals surface area contributed by atoms with Crippen molar-refractivity contribution < 1.29 is 0 Å². The van der Waals surface area contributed by atoms with E-state index in [2.05, 4.69) is 24.6 Å². The van der Waals surface area contributed by atoms with Gasteiger partial charge in [0.05, 0.1) is 0 Å². The topological polar surface area (TPSA) is 3.24 Å². The van der Waals surface area contributed by atoms with Gasteiger partial charge in [-0.2, -0.15) is 0 Å². The molecule has 1 rings (SSSR count). The Morgan fingerprint density at radius 2 is 2.20 bits per heavy atom. The lowest BCUT2D eigenvalue weighted by Crippen LogP contribution is -2.34. The van der Waals surface area contributed by atoms with Crippen LogP contribution < -0.4 is 0 Å². The third-order valence-corrected chi connectivity index (χ3v) is 2.10. The first-order valence-electron chi connectivity index (χ1n) is 3.67. The molecule has 1 nitrogen and oxygen atoms in total. The number of nitrogens with zero attached hydrogens (tertiary/aromatic N) is 1. The summed E-state index contributed by atoms with van der Waals surface area (Å²) in [5, 5.41) is 0. The van der Waals surface area contributed by atoms with Crippen molar-refractivity contribution in [1.29, 1.82) is 0 Å². The first-order chi connectivity index (χ1) is 4.34. The molecule has 0 aromatic heterocycles. The van der Waals surface area contributed by atoms with E-state index >= 15 is 0 Å². The summed E-state index contributed by atoms with van der Waals surface area (Å²) < 4.78 is 0. The molecule has 0 aromatic carbocycles. The van der Waals surface area contributed by atoms with Gasteiger partial charge in [-0.3, -0.25) is 4.90 Å². The molecule has 0 aromatic rings. The van der Waals surface area contributed by atoms with Gasteiger partial charge in [-0.1, -0.05) is 12.5 Å². The van der Waals surface area contributed by atoms with Gasteiger partial charge in [0.1, 0.15) is 0 Å². The molecule has 0 amide bonds. The summed E-state index contributed by atoms with van der Waals surface area (Å²) in [5.74, 6) is 0. The summed E-state index contributed by atoms with van der Waals surface area (Å²) in [6.45, 7) is 5.04. The largest absolute Gasteiger partial charge is 0.300 e. The molecule has 60 valence electrons. The minimum Gasteiger partial charge on any atom is -0.300 e. The molecule has 1 aliphatic heterocycles. The van der Waals surface area contributed by atoms with E-state index in [4.69, 9.17) is 0 Å². The van der Waals surface area contributed by atoms with E-state index in [1.807, 2.05) is 0 Å². The summed E-state index contributed by atoms with van der Waals surface area (Å²) in [5.41, 5.74) is 0. The molecule has 0 aliphatic carbocycles. The van der Waals surface area contributed by atoms with E-state index in [1.165, 1.54) is 25.8 Å². The molecule has 1 atom stereocenters. The molecular weight excluding hydrogens is 190 g/mol. The SMILES string of the molecule is Br.C=CC1CCCCN1C. The van der Waals surface area contributed by atoms with Gasteiger partial charge < -0.3 is 0 Å². The Bertz CT molecular complexity index is 103. The maximum Gasteiger partial charge on any atom is 0.0272 e. The maximum atomic E-state index is 3.79. The third-order valence-electron chi connectivity index (χ3n) is 2.10. The Kier molecular flexibility index (Phi) is 5.00. The maximum absolute atomic E-state index is 3.79. The summed E-state index contributed by atoms with van der Waals surface area (Å²) in [7, 11) is 2.17. The fourth-order valence-corrected chi connectivity index (χ4v) is 1.40. The number of hydrogen-bond donors (Lipinski definition) is 0. The van der Waals surface area contributed by atoms with Crippen molar-refractivity contribution in [2.45, 2.75) is 25.3 Å². The van der Waals surface area contributed by atoms with Crippen LogP contribution in [0.1, 0.15) is 19.3 Å². The first-order valence-corrected chi connectivity index (χ1v) is 3.67. The summed E-state index contributed by atoms with van der Waals surface area (Å²) in [4.78, 5) is 2.37. The van der Waals surface area contributed by atoms with Crippen LogP contribution >= 0.6 is 17.0 Å². The molecular formula is C8H16BrN. The zero-order valence-corrected chi connectivity index (χ0v) is 8.26. The van der Waals surface area contributed by atoms with Gasteiger partial charge in [0, 0.05) is 6.04 Å². The minimum atomic E-state index is 0. The molecule has 1 saturated heterocycles. The molecule has 0 spiro atoms. The highest BCUT2D eigenvalue weighted by Gasteiger charge is 2.14. The van der Waals surface area contributed by atoms with E-state index in [0.717, 1.165) is 0 Å². The number of rotatable bonds is 1. The van der Waals surface area contributed by atoms with Crippen molar-refractivity contribution in [2.24, 2.45) is 0 Å². The lowest BCUT2D eigenvalue weighted by molar-refractivity contribution is 0.222. The molecule has 1 heterocycles. The molecule has 1 aliphatic rings. The zero-order valence-electron chi connectivity index (χ0n) is 6.55. The monoisotopic (exact) mass is 205 g/mol. The van der Waals surface area contributed by atoms with Gasteiger partial charge in [0.25, 0.3) is 0 Å². The van der Waals surface area contributed by atoms with Gasteiger partial charge in [-0.05, 0) is 26.4 Å². The Balaban J connectivity index is 0.000000810. The molecule has 1 unspecified atom stereocenters. The molecule has 10 heavy (non-hydrogen) atoms. The Morgan fingerprint density at radius 1 is 1.50 bits per heavy atom. The fourth-order valence-electron chi connectivity index (χ4n) is 1.40. The number of likely N-dealkylation sites (N-methyl/N-ethyl adjacent to an activating group) is 1. The van der Waals surface area contributed by atoms with Crippen molar-refractivity contribution in [3.63, 3.8) is 0 Å². The number of halogens is 1. The molecule has 2 heteroatoms. The van der Waals surface area contributed by atoms with Crippen LogP contribution in [0.2, 0.25) is 0 Å². The second-order valence-electron chi connectivity index (χ2n) is 2.78. The van der Waals surface area contributed by atoms with Crippen LogP contribution in [0.3, 0.4) is 0 Å². The second-order valence-corrected chi connectivity index (χ2v) is 2.78. The lowest BCUT2D eigenvalue weighted by Gasteiger charge is -2.29. The predicted octanol–water partition coefficient (Wildman–Crippen LogP) is 2.23. The summed E-state index contributed by atoms with van der Waals surface area (Å²) >= 11 is 0. The predicted molar refractivity (Wildman–Crippen MR) is 50.8 cm³/mol. The Labute approximate surface area is 73.9 Å². The quantitative estimate of drug-likeness (QED) is 0.594. The molecule has 0 saturated carbocycles. The van der Waals surface area contributed by atoms with Crippen LogP contribution in [-0.2, 0) is 0 Å². The number of likely N-dealkylation sites (tertiary alicyclic amines) is 1. The smallest absolute Gasteiger partial charge is 0.0272 e. The normalized spacial score (nSPS) is 27.1. The van der Waals surface area contributed by atoms with Crippen LogP contribution in [0.25, 0.3) is 0 Å². The molecule has 1 fully saturated rings. The first kappa shape index (κ1) is 10.2. The van der Waals surface area contributed by atoms with Crippen molar-refractivity contribution >= 4 is 17.0 Å². The van der Waals surface area contributed by atoms with Gasteiger partial charge in [-0.15, -0.1) is 23.6 Å². The van der Waals surface area contributed by atoms with Crippen molar-refractivity contribution in [3.8, 4) is 0 Å². The van der Waals surface area contributed by atoms with Gasteiger partial charge in [0.15, 0.2) is 0 Å². The molecule has 0 N–H and O–H groups in total. The van der Waals surface area contributed by atoms with E-state index < -0.39 is 0 Å². The van der Waals surface area contributed by atoms with Gasteiger partial charge >= 0.3 is 0 Å². The van der Waals surface area contributed by atoms with Crippen molar-refractivity contribution in [3.05, 3.63) is 12.7 Å². The minimum absolute atomic E-state index is 0. The highest BCUT2D eigenvalue weighted by atomic mass is 79.9. The lowest BCUT2D eigenvalue weighted by atomic mass is 10.0. The van der Waals surface area contributed by atoms with Crippen molar-refractivity contribution in [1.82, 2.24) is 4.90 Å². The van der Waals surface area contributed by atoms with E-state index in [9.17, 15) is 0 Å². The second kappa shape index (κ2) is 4.91. The number of piperidine rings is 1. The summed E-state index contributed by atoms with van der Waals surface area (Å²) in [6, 6.07) is 0.652. The van der Waals surface area contributed by atoms with Crippen LogP contribution in [0, 0.1) is 0 Å². The Hall–Kier alpha value is 0.180. The van der Waals surface area contributed by atoms with Gasteiger partial charge in [0.2, 0.25) is 0 Å². The van der Waals surface area contributed by atoms with E-state index in [0.29, 0.717) is 6.04 Å². The molecule has 0 bridgehead atoms. The van der Waals surface area contributed by atoms with Crippen LogP contribution in [-0.4, -0.2) is 24.5 Å². The van der Waals surface area contributed by atoms with Gasteiger partial charge in [-0.25, -0.2) is 0 Å². The Morgan fingerprint density at radius 3 is 2.60 bits per heavy atom. The highest BCUT2D eigenvalue weighted by Crippen LogP contribution is 2.14. The van der Waals surface area contributed by atoms with E-state index in [-0.39, 0.29) is 17.0 Å². The molecule has 0 radical (unpaired) electrons. The zero-order chi connectivity index (χ0) is 6.69. The number of hydrogen-bond acceptors (Lipinski definition) is 1. The fraction of sp³-hybridized carbons (Fsp3) is 0.750. The van der Waals surface area contributed by atoms with E-state index in [1.54, 1.807) is 0 Å².